The van der Waals surface area contributed by atoms with Crippen molar-refractivity contribution in [2.75, 3.05) is 12.4 Å². The van der Waals surface area contributed by atoms with Crippen LogP contribution >= 0.6 is 0 Å². The molecule has 0 radical (unpaired) electrons. The van der Waals surface area contributed by atoms with Crippen LogP contribution in [0.3, 0.4) is 0 Å². The Morgan fingerprint density at radius 3 is 2.04 bits per heavy atom. The van der Waals surface area contributed by atoms with Crippen molar-refractivity contribution in [1.82, 2.24) is 9.55 Å². The number of carboxylic acid groups (broad SMARTS) is 1. The van der Waals surface area contributed by atoms with Crippen molar-refractivity contribution in [3.05, 3.63) is 89.8 Å². The molecular formula is C33H36F2N3NaO6. The molecule has 2 heterocycles. The third-order valence-electron chi connectivity index (χ3n) is 7.15. The van der Waals surface area contributed by atoms with Gasteiger partial charge in [0.1, 0.15) is 23.1 Å². The topological polar surface area (TPSA) is 134 Å². The molecule has 0 fully saturated rings. The van der Waals surface area contributed by atoms with Gasteiger partial charge >= 0.3 is 35.5 Å². The second-order valence-corrected chi connectivity index (χ2v) is 10.7. The fraction of sp³-hybridized carbons (Fsp3) is 0.303. The van der Waals surface area contributed by atoms with Crippen molar-refractivity contribution >= 4 is 17.7 Å². The number of nitrogens with one attached hydrogen (secondary N) is 1. The number of hydrogen-bond acceptors (Lipinski definition) is 6. The molecule has 0 spiro atoms. The Hall–Kier alpha value is -3.61. The summed E-state index contributed by atoms with van der Waals surface area (Å²) in [6, 6.07) is 16.1. The van der Waals surface area contributed by atoms with E-state index in [1.165, 1.54) is 31.4 Å². The van der Waals surface area contributed by atoms with Crippen molar-refractivity contribution in [3.63, 3.8) is 0 Å². The van der Waals surface area contributed by atoms with Gasteiger partial charge in [-0.15, -0.1) is 0 Å². The van der Waals surface area contributed by atoms with E-state index in [-0.39, 0.29) is 67.8 Å². The van der Waals surface area contributed by atoms with E-state index in [1.54, 1.807) is 42.5 Å². The zero-order chi connectivity index (χ0) is 32.0. The molecule has 1 amide bonds. The van der Waals surface area contributed by atoms with Gasteiger partial charge in [0.15, 0.2) is 0 Å². The summed E-state index contributed by atoms with van der Waals surface area (Å²) in [7, 11) is 1.46. The standard InChI is InChI=1S/C33H35F2N3O6.Na.H/c1-19(2)38-26(16-15-24(39)17-25(40)18-29(41)42)30(20-7-11-22(34)12-8-20)31(21-9-13-23(35)14-10-21)32(38)33(43)37-27-5-4-6-28(36-27)44-3;;/h4-14,19,24-25,39-40H,15-18H2,1-3H3,(H,41,42)(H,36,37,43);;/q;+1;-1/t24-,25-;;/m1../s1. The molecule has 9 nitrogen and oxygen atoms in total. The Balaban J connectivity index is 0.00000368. The fourth-order valence-corrected chi connectivity index (χ4v) is 5.30. The van der Waals surface area contributed by atoms with Gasteiger partial charge in [-0.05, 0) is 74.6 Å². The van der Waals surface area contributed by atoms with Gasteiger partial charge in [0.2, 0.25) is 5.88 Å². The molecule has 0 aliphatic heterocycles. The van der Waals surface area contributed by atoms with Crippen LogP contribution in [0.25, 0.3) is 22.3 Å². The minimum Gasteiger partial charge on any atom is -1.00 e. The number of aliphatic hydroxyl groups is 2. The van der Waals surface area contributed by atoms with Gasteiger partial charge in [-0.3, -0.25) is 9.59 Å². The molecule has 2 aromatic carbocycles. The molecule has 2 atom stereocenters. The molecule has 4 aromatic rings. The number of halogens is 2. The molecule has 2 aromatic heterocycles. The molecule has 0 saturated heterocycles. The van der Waals surface area contributed by atoms with Gasteiger partial charge in [0.25, 0.3) is 5.91 Å². The third kappa shape index (κ3) is 8.99. The van der Waals surface area contributed by atoms with Crippen molar-refractivity contribution < 1.29 is 69.4 Å². The first-order valence-electron chi connectivity index (χ1n) is 14.2. The number of methoxy groups -OCH3 is 1. The molecule has 0 unspecified atom stereocenters. The smallest absolute Gasteiger partial charge is 1.00 e. The molecule has 234 valence electrons. The monoisotopic (exact) mass is 631 g/mol. The zero-order valence-electron chi connectivity index (χ0n) is 26.6. The number of ether oxygens (including phenoxy) is 1. The predicted octanol–water partition coefficient (Wildman–Crippen LogP) is 2.97. The first-order valence-corrected chi connectivity index (χ1v) is 14.2. The average Bonchev–Trinajstić information content (AvgIpc) is 3.32. The normalized spacial score (nSPS) is 12.4. The first-order chi connectivity index (χ1) is 21.0. The Morgan fingerprint density at radius 1 is 0.933 bits per heavy atom. The molecule has 12 heteroatoms. The van der Waals surface area contributed by atoms with Gasteiger partial charge in [0.05, 0.1) is 25.7 Å². The zero-order valence-corrected chi connectivity index (χ0v) is 27.6. The van der Waals surface area contributed by atoms with Crippen LogP contribution in [-0.2, 0) is 11.2 Å². The Bertz CT molecular complexity index is 1620. The largest absolute Gasteiger partial charge is 1.00 e. The Morgan fingerprint density at radius 2 is 1.51 bits per heavy atom. The van der Waals surface area contributed by atoms with E-state index in [0.717, 1.165) is 0 Å². The summed E-state index contributed by atoms with van der Waals surface area (Å²) in [4.78, 5) is 29.4. The van der Waals surface area contributed by atoms with Crippen LogP contribution in [0.4, 0.5) is 14.6 Å². The summed E-state index contributed by atoms with van der Waals surface area (Å²) in [5, 5.41) is 32.6. The molecule has 4 rings (SSSR count). The van der Waals surface area contributed by atoms with Crippen LogP contribution in [0.2, 0.25) is 0 Å². The second-order valence-electron chi connectivity index (χ2n) is 10.7. The van der Waals surface area contributed by atoms with Crippen LogP contribution < -0.4 is 39.6 Å². The van der Waals surface area contributed by atoms with Crippen LogP contribution in [0, 0.1) is 11.6 Å². The van der Waals surface area contributed by atoms with E-state index in [4.69, 9.17) is 9.84 Å². The summed E-state index contributed by atoms with van der Waals surface area (Å²) in [6.45, 7) is 3.78. The number of carboxylic acids is 1. The maximum Gasteiger partial charge on any atom is 1.00 e. The van der Waals surface area contributed by atoms with Crippen molar-refractivity contribution in [1.29, 1.82) is 0 Å². The Labute approximate surface area is 283 Å². The molecule has 0 saturated carbocycles. The Kier molecular flexibility index (Phi) is 12.8. The van der Waals surface area contributed by atoms with Gasteiger partial charge in [0, 0.05) is 28.9 Å². The van der Waals surface area contributed by atoms with E-state index in [2.05, 4.69) is 10.3 Å². The van der Waals surface area contributed by atoms with Crippen LogP contribution in [-0.4, -0.2) is 56.1 Å². The SMILES string of the molecule is COc1cccc(NC(=O)c2c(-c3ccc(F)cc3)c(-c3ccc(F)cc3)c(CC[C@@H](O)C[C@@H](O)CC(=O)O)n2C(C)C)n1.[H-].[Na+]. The van der Waals surface area contributed by atoms with E-state index in [1.807, 2.05) is 18.4 Å². The summed E-state index contributed by atoms with van der Waals surface area (Å²) in [5.74, 6) is -2.06. The van der Waals surface area contributed by atoms with E-state index in [0.29, 0.717) is 33.8 Å². The van der Waals surface area contributed by atoms with Crippen molar-refractivity contribution in [3.8, 4) is 28.1 Å². The summed E-state index contributed by atoms with van der Waals surface area (Å²) < 4.78 is 35.1. The van der Waals surface area contributed by atoms with Crippen molar-refractivity contribution in [2.24, 2.45) is 0 Å². The molecule has 0 bridgehead atoms. The summed E-state index contributed by atoms with van der Waals surface area (Å²) >= 11 is 0. The number of carbonyl (C=O) groups is 2. The van der Waals surface area contributed by atoms with Gasteiger partial charge in [-0.2, -0.15) is 4.98 Å². The number of nitrogens with zero attached hydrogens (tertiary/aromatic N) is 2. The molecule has 0 aliphatic rings. The molecule has 45 heavy (non-hydrogen) atoms. The summed E-state index contributed by atoms with van der Waals surface area (Å²) in [6.07, 6.45) is -2.60. The van der Waals surface area contributed by atoms with E-state index in [9.17, 15) is 28.6 Å². The maximum absolute atomic E-state index is 14.2. The van der Waals surface area contributed by atoms with E-state index >= 15 is 0 Å². The first kappa shape index (κ1) is 35.9. The molecule has 0 aliphatic carbocycles. The van der Waals surface area contributed by atoms with Gasteiger partial charge < -0.3 is 31.4 Å². The average molecular weight is 632 g/mol. The quantitative estimate of drug-likeness (QED) is 0.167. The number of aliphatic carboxylic acids is 1. The number of anilines is 1. The molecular weight excluding hydrogens is 595 g/mol. The van der Waals surface area contributed by atoms with Crippen LogP contribution in [0.1, 0.15) is 56.8 Å². The number of carbonyl (C=O) groups excluding carboxylic acids is 1. The van der Waals surface area contributed by atoms with Crippen LogP contribution in [0.5, 0.6) is 5.88 Å². The number of pyridine rings is 1. The number of aliphatic hydroxyl groups excluding tert-OH is 2. The maximum atomic E-state index is 14.2. The summed E-state index contributed by atoms with van der Waals surface area (Å²) in [5.41, 5.74) is 3.07. The number of benzene rings is 2. The number of hydrogen-bond donors (Lipinski definition) is 4. The van der Waals surface area contributed by atoms with E-state index < -0.39 is 42.1 Å². The number of amides is 1. The second kappa shape index (κ2) is 16.1. The van der Waals surface area contributed by atoms with Crippen molar-refractivity contribution in [2.45, 2.75) is 57.8 Å². The number of aromatic nitrogens is 2. The van der Waals surface area contributed by atoms with Gasteiger partial charge in [-0.25, -0.2) is 8.78 Å². The minimum atomic E-state index is -1.23. The predicted molar refractivity (Wildman–Crippen MR) is 163 cm³/mol. The number of rotatable bonds is 13. The fourth-order valence-electron chi connectivity index (χ4n) is 5.30. The third-order valence-corrected chi connectivity index (χ3v) is 7.15. The van der Waals surface area contributed by atoms with Crippen LogP contribution in [0.15, 0.2) is 66.7 Å². The van der Waals surface area contributed by atoms with Gasteiger partial charge in [-0.1, -0.05) is 30.3 Å². The minimum absolute atomic E-state index is 0. The molecule has 4 N–H and O–H groups in total.